The highest BCUT2D eigenvalue weighted by Crippen LogP contribution is 2.61. The van der Waals surface area contributed by atoms with Gasteiger partial charge in [-0.3, -0.25) is 37.3 Å². The lowest BCUT2D eigenvalue weighted by atomic mass is 9.87. The van der Waals surface area contributed by atoms with E-state index >= 15 is 0 Å². The van der Waals surface area contributed by atoms with E-state index in [-0.39, 0.29) is 42.2 Å². The number of nitrogens with one attached hydrogen (secondary N) is 2. The number of anilines is 1. The van der Waals surface area contributed by atoms with Gasteiger partial charge in [-0.1, -0.05) is 25.6 Å². The average Bonchev–Trinajstić information content (AvgIpc) is 3.64. The number of carboxylic acid groups (broad SMARTS) is 1. The molecule has 2 amide bonds. The summed E-state index contributed by atoms with van der Waals surface area (Å²) in [5.41, 5.74) is 4.13. The number of nitrogens with two attached hydrogens (primary N) is 1. The van der Waals surface area contributed by atoms with Crippen molar-refractivity contribution in [3.8, 4) is 0 Å². The van der Waals surface area contributed by atoms with Crippen molar-refractivity contribution >= 4 is 75.1 Å². The van der Waals surface area contributed by atoms with Crippen LogP contribution in [0.5, 0.6) is 0 Å². The summed E-state index contributed by atoms with van der Waals surface area (Å²) in [7, 11) is -16.5. The molecule has 0 saturated carbocycles. The molecule has 3 heterocycles. The first-order valence-electron chi connectivity index (χ1n) is 16.0. The molecule has 30 heteroatoms. The van der Waals surface area contributed by atoms with Gasteiger partial charge in [0.1, 0.15) is 42.6 Å². The zero-order valence-electron chi connectivity index (χ0n) is 29.9. The number of hydrogen-bond donors (Lipinski definition) is 10. The molecular formula is C24H38N7O19P3S. The zero-order chi connectivity index (χ0) is 42.4. The summed E-state index contributed by atoms with van der Waals surface area (Å²) in [5, 5.41) is 33.4. The molecule has 0 aliphatic carbocycles. The number of phosphoric acid groups is 3. The van der Waals surface area contributed by atoms with E-state index < -0.39 is 102 Å². The summed E-state index contributed by atoms with van der Waals surface area (Å²) in [4.78, 5) is 97.6. The van der Waals surface area contributed by atoms with E-state index in [1.165, 1.54) is 13.8 Å². The van der Waals surface area contributed by atoms with Gasteiger partial charge in [-0.05, 0) is 0 Å². The number of thioether (sulfide) groups is 1. The lowest BCUT2D eigenvalue weighted by Crippen LogP contribution is -2.46. The minimum absolute atomic E-state index is 0.00906. The number of aliphatic hydroxyl groups is 2. The number of nitrogen functional groups attached to an aromatic ring is 1. The molecule has 11 N–H and O–H groups in total. The Labute approximate surface area is 311 Å². The summed E-state index contributed by atoms with van der Waals surface area (Å²) in [5.74, 6) is -3.89. The zero-order valence-corrected chi connectivity index (χ0v) is 31.4. The van der Waals surface area contributed by atoms with Gasteiger partial charge >= 0.3 is 29.4 Å². The van der Waals surface area contributed by atoms with Gasteiger partial charge in [0, 0.05) is 33.4 Å². The largest absolute Gasteiger partial charge is 0.481 e. The molecule has 1 saturated heterocycles. The highest BCUT2D eigenvalue weighted by molar-refractivity contribution is 8.13. The maximum Gasteiger partial charge on any atom is 0.481 e. The van der Waals surface area contributed by atoms with Crippen LogP contribution in [0.1, 0.15) is 35.6 Å². The first-order chi connectivity index (χ1) is 25.7. The number of amides is 2. The van der Waals surface area contributed by atoms with Crippen LogP contribution in [-0.2, 0) is 55.5 Å². The SMILES string of the molecule is [2H]C([2H])(C(=O)O)C(=O)SCCNC(=O)CCNC(=O)C(O)C(C)(C)COP(=O)(O)OP(=O)(O)OC[C@H]1O[C@@H](n2cnc3c(N)ncnc32)[C@H](O)[C@@H]1OP(=O)(O)O. The third-order valence-corrected chi connectivity index (χ3v) is 10.8. The Balaban J connectivity index is 1.50. The van der Waals surface area contributed by atoms with E-state index in [2.05, 4.69) is 34.4 Å². The first-order valence-corrected chi connectivity index (χ1v) is 20.5. The summed E-state index contributed by atoms with van der Waals surface area (Å²) in [6.07, 6.45) is -10.4. The van der Waals surface area contributed by atoms with Gasteiger partial charge in [0.25, 0.3) is 0 Å². The van der Waals surface area contributed by atoms with E-state index in [9.17, 15) is 62.7 Å². The summed E-state index contributed by atoms with van der Waals surface area (Å²) < 4.78 is 76.1. The van der Waals surface area contributed by atoms with Crippen molar-refractivity contribution < 1.29 is 93.1 Å². The van der Waals surface area contributed by atoms with Crippen LogP contribution in [-0.4, -0.2) is 134 Å². The fraction of sp³-hybridized carbons (Fsp3) is 0.625. The number of phosphoric ester groups is 3. The Bertz CT molecular complexity index is 1920. The van der Waals surface area contributed by atoms with Gasteiger partial charge in [0.15, 0.2) is 22.8 Å². The number of imidazole rings is 1. The van der Waals surface area contributed by atoms with Crippen molar-refractivity contribution in [3.63, 3.8) is 0 Å². The predicted molar refractivity (Wildman–Crippen MR) is 179 cm³/mol. The van der Waals surface area contributed by atoms with Crippen LogP contribution in [0.15, 0.2) is 12.7 Å². The Morgan fingerprint density at radius 2 is 1.76 bits per heavy atom. The Kier molecular flexibility index (Phi) is 14.7. The van der Waals surface area contributed by atoms with Crippen LogP contribution in [0, 0.1) is 5.41 Å². The fourth-order valence-electron chi connectivity index (χ4n) is 4.40. The van der Waals surface area contributed by atoms with E-state index in [1.807, 2.05) is 0 Å². The van der Waals surface area contributed by atoms with Gasteiger partial charge in [-0.25, -0.2) is 28.6 Å². The number of hydrogen-bond acceptors (Lipinski definition) is 19. The van der Waals surface area contributed by atoms with E-state index in [1.54, 1.807) is 0 Å². The van der Waals surface area contributed by atoms with Gasteiger partial charge in [0.2, 0.25) is 11.8 Å². The van der Waals surface area contributed by atoms with Crippen molar-refractivity contribution in [2.45, 2.75) is 57.3 Å². The molecule has 1 fully saturated rings. The second-order valence-electron chi connectivity index (χ2n) is 11.6. The van der Waals surface area contributed by atoms with Crippen molar-refractivity contribution in [2.75, 3.05) is 37.8 Å². The van der Waals surface area contributed by atoms with E-state index in [0.29, 0.717) is 11.8 Å². The molecule has 54 heavy (non-hydrogen) atoms. The van der Waals surface area contributed by atoms with E-state index in [4.69, 9.17) is 27.4 Å². The van der Waals surface area contributed by atoms with E-state index in [0.717, 1.165) is 17.2 Å². The van der Waals surface area contributed by atoms with Gasteiger partial charge in [-0.15, -0.1) is 0 Å². The van der Waals surface area contributed by atoms with Crippen molar-refractivity contribution in [1.29, 1.82) is 0 Å². The quantitative estimate of drug-likeness (QED) is 0.0374. The van der Waals surface area contributed by atoms with Gasteiger partial charge in [0.05, 0.1) is 19.5 Å². The highest BCUT2D eigenvalue weighted by atomic mass is 32.2. The van der Waals surface area contributed by atoms with Crippen LogP contribution >= 0.6 is 35.2 Å². The normalized spacial score (nSPS) is 22.7. The molecule has 3 unspecified atom stereocenters. The molecule has 0 radical (unpaired) electrons. The number of fused-ring (bicyclic) bond motifs is 1. The highest BCUT2D eigenvalue weighted by Gasteiger charge is 2.50. The number of rotatable bonds is 21. The molecule has 2 aromatic heterocycles. The number of aliphatic carboxylic acids is 1. The molecule has 7 atom stereocenters. The van der Waals surface area contributed by atoms with Crippen molar-refractivity contribution in [2.24, 2.45) is 5.41 Å². The Hall–Kier alpha value is -2.97. The average molecular weight is 856 g/mol. The number of carbonyl (C=O) groups is 4. The molecule has 0 aromatic carbocycles. The number of aliphatic hydroxyl groups excluding tert-OH is 2. The first kappa shape index (κ1) is 42.2. The summed E-state index contributed by atoms with van der Waals surface area (Å²) in [6.45, 7) is -0.215. The second kappa shape index (κ2) is 18.8. The number of aromatic nitrogens is 4. The standard InChI is InChI=1S/C24H38N7O19P3S/c1-24(2,19(37)22(38)27-4-3-13(32)26-5-6-54-15(35)7-14(33)34)9-47-53(44,45)50-52(42,43)46-8-12-18(49-51(39,40)41)17(36)23(48-12)31-11-30-16-20(25)28-10-29-21(16)31/h10-12,17-19,23,36-37H,3-9H2,1-2H3,(H,26,32)(H,27,38)(H,33,34)(H,42,43)(H,44,45)(H2,25,28,29)(H2,39,40,41)/t12-,17-,18-,19?,23-/m1/s1/i7D2. The Morgan fingerprint density at radius 1 is 1.09 bits per heavy atom. The van der Waals surface area contributed by atoms with Crippen molar-refractivity contribution in [1.82, 2.24) is 30.2 Å². The summed E-state index contributed by atoms with van der Waals surface area (Å²) in [6, 6.07) is 0. The third kappa shape index (κ3) is 13.6. The van der Waals surface area contributed by atoms with Crippen LogP contribution in [0.4, 0.5) is 5.82 Å². The minimum Gasteiger partial charge on any atom is -0.481 e. The maximum atomic E-state index is 12.6. The molecule has 0 spiro atoms. The third-order valence-electron chi connectivity index (χ3n) is 6.94. The maximum absolute atomic E-state index is 12.6. The van der Waals surface area contributed by atoms with Crippen molar-refractivity contribution in [3.05, 3.63) is 12.7 Å². The molecule has 3 rings (SSSR count). The number of nitrogens with zero attached hydrogens (tertiary/aromatic N) is 4. The molecule has 1 aliphatic heterocycles. The lowest BCUT2D eigenvalue weighted by molar-refractivity contribution is -0.139. The molecule has 2 aromatic rings. The Morgan fingerprint density at radius 3 is 2.41 bits per heavy atom. The molecule has 1 aliphatic rings. The lowest BCUT2D eigenvalue weighted by Gasteiger charge is -2.30. The molecular weight excluding hydrogens is 815 g/mol. The van der Waals surface area contributed by atoms with Crippen LogP contribution in [0.3, 0.4) is 0 Å². The minimum atomic E-state index is -5.61. The van der Waals surface area contributed by atoms with Crippen LogP contribution in [0.2, 0.25) is 0 Å². The molecule has 0 bridgehead atoms. The number of carbonyl (C=O) groups excluding carboxylic acids is 3. The second-order valence-corrected chi connectivity index (χ2v) is 16.9. The molecule has 26 nitrogen and oxygen atoms in total. The fourth-order valence-corrected chi connectivity index (χ4v) is 7.78. The predicted octanol–water partition coefficient (Wildman–Crippen LogP) is -1.86. The van der Waals surface area contributed by atoms with Crippen LogP contribution in [0.25, 0.3) is 11.2 Å². The monoisotopic (exact) mass is 855 g/mol. The summed E-state index contributed by atoms with van der Waals surface area (Å²) >= 11 is 0.350. The van der Waals surface area contributed by atoms with Crippen LogP contribution < -0.4 is 16.4 Å². The number of ether oxygens (including phenoxy) is 1. The number of carboxylic acids is 1. The topological polar surface area (TPSA) is 401 Å². The van der Waals surface area contributed by atoms with Gasteiger partial charge in [-0.2, -0.15) is 4.31 Å². The van der Waals surface area contributed by atoms with Gasteiger partial charge < -0.3 is 56.0 Å². The molecule has 304 valence electrons. The smallest absolute Gasteiger partial charge is 0.481 e.